The minimum atomic E-state index is -1.27. The van der Waals surface area contributed by atoms with Crippen molar-refractivity contribution in [3.63, 3.8) is 0 Å². The van der Waals surface area contributed by atoms with Crippen molar-refractivity contribution in [1.29, 1.82) is 0 Å². The van der Waals surface area contributed by atoms with E-state index in [2.05, 4.69) is 5.32 Å². The number of rotatable bonds is 4. The van der Waals surface area contributed by atoms with Gasteiger partial charge in [0.1, 0.15) is 5.69 Å². The van der Waals surface area contributed by atoms with Crippen LogP contribution in [0.25, 0.3) is 0 Å². The summed E-state index contributed by atoms with van der Waals surface area (Å²) in [6.45, 7) is 2.12. The highest BCUT2D eigenvalue weighted by Crippen LogP contribution is 2.27. The van der Waals surface area contributed by atoms with Crippen LogP contribution in [-0.2, 0) is 9.53 Å². The lowest BCUT2D eigenvalue weighted by Crippen LogP contribution is -2.23. The van der Waals surface area contributed by atoms with E-state index in [0.717, 1.165) is 6.07 Å². The van der Waals surface area contributed by atoms with Crippen LogP contribution in [0.5, 0.6) is 0 Å². The number of aromatic carboxylic acids is 1. The second-order valence-corrected chi connectivity index (χ2v) is 4.86. The summed E-state index contributed by atoms with van der Waals surface area (Å²) < 4.78 is 5.28. The van der Waals surface area contributed by atoms with E-state index in [9.17, 15) is 19.7 Å². The Kier molecular flexibility index (Phi) is 4.18. The summed E-state index contributed by atoms with van der Waals surface area (Å²) in [5.41, 5.74) is -0.678. The Labute approximate surface area is 119 Å². The van der Waals surface area contributed by atoms with Crippen LogP contribution in [0, 0.1) is 16.0 Å². The van der Waals surface area contributed by atoms with Gasteiger partial charge in [0.2, 0.25) is 5.91 Å². The number of benzene rings is 1. The van der Waals surface area contributed by atoms with Gasteiger partial charge in [0.05, 0.1) is 29.1 Å². The molecule has 21 heavy (non-hydrogen) atoms. The predicted octanol–water partition coefficient (Wildman–Crippen LogP) is 1.66. The third kappa shape index (κ3) is 3.34. The SMILES string of the molecule is CC1CC(C(=O)Nc2ccc(C(=O)O)cc2[N+](=O)[O-])CO1. The summed E-state index contributed by atoms with van der Waals surface area (Å²) in [6, 6.07) is 3.35. The van der Waals surface area contributed by atoms with Gasteiger partial charge in [-0.15, -0.1) is 0 Å². The van der Waals surface area contributed by atoms with Crippen LogP contribution in [0.4, 0.5) is 11.4 Å². The number of hydrogen-bond donors (Lipinski definition) is 2. The molecule has 1 fully saturated rings. The fourth-order valence-electron chi connectivity index (χ4n) is 2.16. The minimum absolute atomic E-state index is 0.0189. The predicted molar refractivity (Wildman–Crippen MR) is 72.2 cm³/mol. The number of carbonyl (C=O) groups is 2. The lowest BCUT2D eigenvalue weighted by molar-refractivity contribution is -0.384. The standard InChI is InChI=1S/C13H14N2O6/c1-7-4-9(6-21-7)12(16)14-10-3-2-8(13(17)18)5-11(10)15(19)20/h2-3,5,7,9H,4,6H2,1H3,(H,14,16)(H,17,18). The van der Waals surface area contributed by atoms with Crippen molar-refractivity contribution in [2.24, 2.45) is 5.92 Å². The van der Waals surface area contributed by atoms with Crippen LogP contribution in [0.15, 0.2) is 18.2 Å². The molecule has 112 valence electrons. The monoisotopic (exact) mass is 294 g/mol. The molecule has 0 saturated carbocycles. The molecule has 0 radical (unpaired) electrons. The Morgan fingerprint density at radius 1 is 1.48 bits per heavy atom. The maximum Gasteiger partial charge on any atom is 0.335 e. The van der Waals surface area contributed by atoms with Crippen molar-refractivity contribution < 1.29 is 24.4 Å². The first-order chi connectivity index (χ1) is 9.88. The van der Waals surface area contributed by atoms with E-state index >= 15 is 0 Å². The van der Waals surface area contributed by atoms with Crippen molar-refractivity contribution in [2.45, 2.75) is 19.4 Å². The molecule has 1 aliphatic rings. The first kappa shape index (κ1) is 14.9. The highest BCUT2D eigenvalue weighted by molar-refractivity contribution is 5.96. The lowest BCUT2D eigenvalue weighted by atomic mass is 10.1. The molecule has 1 amide bonds. The van der Waals surface area contributed by atoms with Crippen molar-refractivity contribution in [3.05, 3.63) is 33.9 Å². The summed E-state index contributed by atoms with van der Waals surface area (Å²) in [6.07, 6.45) is 0.525. The Balaban J connectivity index is 2.21. The summed E-state index contributed by atoms with van der Waals surface area (Å²) in [7, 11) is 0. The van der Waals surface area contributed by atoms with Gasteiger partial charge in [-0.25, -0.2) is 4.79 Å². The van der Waals surface area contributed by atoms with Gasteiger partial charge in [0.15, 0.2) is 0 Å². The Hall–Kier alpha value is -2.48. The van der Waals surface area contributed by atoms with E-state index in [1.165, 1.54) is 12.1 Å². The van der Waals surface area contributed by atoms with Crippen molar-refractivity contribution >= 4 is 23.3 Å². The zero-order valence-corrected chi connectivity index (χ0v) is 11.2. The summed E-state index contributed by atoms with van der Waals surface area (Å²) >= 11 is 0. The lowest BCUT2D eigenvalue weighted by Gasteiger charge is -2.10. The molecule has 2 unspecified atom stereocenters. The fourth-order valence-corrected chi connectivity index (χ4v) is 2.16. The molecule has 1 saturated heterocycles. The fraction of sp³-hybridized carbons (Fsp3) is 0.385. The molecule has 0 spiro atoms. The largest absolute Gasteiger partial charge is 0.478 e. The molecule has 2 atom stereocenters. The summed E-state index contributed by atoms with van der Waals surface area (Å²) in [5, 5.41) is 22.3. The number of ether oxygens (including phenoxy) is 1. The number of carboxylic acids is 1. The molecular formula is C13H14N2O6. The maximum absolute atomic E-state index is 12.0. The van der Waals surface area contributed by atoms with Crippen LogP contribution in [-0.4, -0.2) is 34.6 Å². The molecule has 1 aromatic rings. The van der Waals surface area contributed by atoms with Gasteiger partial charge in [-0.05, 0) is 25.5 Å². The van der Waals surface area contributed by atoms with Crippen molar-refractivity contribution in [1.82, 2.24) is 0 Å². The second-order valence-electron chi connectivity index (χ2n) is 4.86. The van der Waals surface area contributed by atoms with Gasteiger partial charge in [-0.3, -0.25) is 14.9 Å². The third-order valence-corrected chi connectivity index (χ3v) is 3.27. The number of nitrogens with one attached hydrogen (secondary N) is 1. The van der Waals surface area contributed by atoms with E-state index in [1.807, 2.05) is 6.92 Å². The number of nitro benzene ring substituents is 1. The Morgan fingerprint density at radius 2 is 2.19 bits per heavy atom. The maximum atomic E-state index is 12.0. The summed E-state index contributed by atoms with van der Waals surface area (Å²) in [4.78, 5) is 33.1. The van der Waals surface area contributed by atoms with E-state index in [4.69, 9.17) is 9.84 Å². The molecule has 0 aliphatic carbocycles. The highest BCUT2D eigenvalue weighted by Gasteiger charge is 2.29. The molecule has 0 aromatic heterocycles. The van der Waals surface area contributed by atoms with Crippen LogP contribution in [0.1, 0.15) is 23.7 Å². The number of nitrogens with zero attached hydrogens (tertiary/aromatic N) is 1. The molecular weight excluding hydrogens is 280 g/mol. The van der Waals surface area contributed by atoms with Gasteiger partial charge in [-0.2, -0.15) is 0 Å². The first-order valence-electron chi connectivity index (χ1n) is 6.32. The molecule has 1 heterocycles. The number of carbonyl (C=O) groups excluding carboxylic acids is 1. The zero-order valence-electron chi connectivity index (χ0n) is 11.2. The van der Waals surface area contributed by atoms with Gasteiger partial charge < -0.3 is 15.2 Å². The van der Waals surface area contributed by atoms with Gasteiger partial charge >= 0.3 is 5.97 Å². The van der Waals surface area contributed by atoms with Crippen molar-refractivity contribution in [2.75, 3.05) is 11.9 Å². The van der Waals surface area contributed by atoms with Crippen LogP contribution >= 0.6 is 0 Å². The Morgan fingerprint density at radius 3 is 2.71 bits per heavy atom. The minimum Gasteiger partial charge on any atom is -0.478 e. The number of carboxylic acid groups (broad SMARTS) is 1. The van der Waals surface area contributed by atoms with E-state index in [1.54, 1.807) is 0 Å². The average molecular weight is 294 g/mol. The number of nitro groups is 1. The molecule has 1 aromatic carbocycles. The second kappa shape index (κ2) is 5.88. The average Bonchev–Trinajstić information content (AvgIpc) is 2.85. The van der Waals surface area contributed by atoms with Gasteiger partial charge in [-0.1, -0.05) is 0 Å². The van der Waals surface area contributed by atoms with Gasteiger partial charge in [0, 0.05) is 6.07 Å². The zero-order chi connectivity index (χ0) is 15.6. The molecule has 2 N–H and O–H groups in total. The van der Waals surface area contributed by atoms with Gasteiger partial charge in [0.25, 0.3) is 5.69 Å². The highest BCUT2D eigenvalue weighted by atomic mass is 16.6. The quantitative estimate of drug-likeness (QED) is 0.643. The molecule has 8 nitrogen and oxygen atoms in total. The molecule has 1 aliphatic heterocycles. The number of hydrogen-bond acceptors (Lipinski definition) is 5. The smallest absolute Gasteiger partial charge is 0.335 e. The number of anilines is 1. The molecule has 0 bridgehead atoms. The van der Waals surface area contributed by atoms with E-state index in [-0.39, 0.29) is 35.8 Å². The van der Waals surface area contributed by atoms with E-state index in [0.29, 0.717) is 6.42 Å². The van der Waals surface area contributed by atoms with E-state index < -0.39 is 16.6 Å². The topological polar surface area (TPSA) is 119 Å². The summed E-state index contributed by atoms with van der Waals surface area (Å²) in [5.74, 6) is -2.00. The third-order valence-electron chi connectivity index (χ3n) is 3.27. The molecule has 2 rings (SSSR count). The molecule has 8 heteroatoms. The number of amides is 1. The van der Waals surface area contributed by atoms with Crippen molar-refractivity contribution in [3.8, 4) is 0 Å². The first-order valence-corrected chi connectivity index (χ1v) is 6.32. The Bertz CT molecular complexity index is 600. The van der Waals surface area contributed by atoms with Crippen LogP contribution < -0.4 is 5.32 Å². The van der Waals surface area contributed by atoms with Crippen LogP contribution in [0.3, 0.4) is 0 Å². The van der Waals surface area contributed by atoms with Crippen LogP contribution in [0.2, 0.25) is 0 Å². The normalized spacial score (nSPS) is 21.0.